The topological polar surface area (TPSA) is 79.5 Å². The summed E-state index contributed by atoms with van der Waals surface area (Å²) in [6, 6.07) is 5.57. The van der Waals surface area contributed by atoms with Gasteiger partial charge in [-0.1, -0.05) is 25.4 Å². The van der Waals surface area contributed by atoms with E-state index in [1.165, 1.54) is 6.07 Å². The number of aliphatic carboxylic acids is 1. The second-order valence-electron chi connectivity index (χ2n) is 4.83. The molecule has 0 aliphatic heterocycles. The zero-order valence-corrected chi connectivity index (χ0v) is 11.8. The molecule has 0 aliphatic carbocycles. The number of carbonyl (C=O) groups is 2. The van der Waals surface area contributed by atoms with Gasteiger partial charge in [0, 0.05) is 10.4 Å². The Morgan fingerprint density at radius 2 is 2.00 bits per heavy atom. The van der Waals surface area contributed by atoms with Gasteiger partial charge in [-0.2, -0.15) is 0 Å². The molecule has 2 aromatic rings. The summed E-state index contributed by atoms with van der Waals surface area (Å²) in [5, 5.41) is 12.7. The third-order valence-corrected chi connectivity index (χ3v) is 3.16. The highest BCUT2D eigenvalue weighted by Gasteiger charge is 2.25. The molecule has 1 heterocycles. The smallest absolute Gasteiger partial charge is 0.326 e. The van der Waals surface area contributed by atoms with Crippen molar-refractivity contribution in [2.75, 3.05) is 0 Å². The molecule has 0 aliphatic rings. The molecule has 1 aromatic carbocycles. The van der Waals surface area contributed by atoms with E-state index in [0.29, 0.717) is 16.0 Å². The summed E-state index contributed by atoms with van der Waals surface area (Å²) in [5.74, 6) is -1.80. The fourth-order valence-corrected chi connectivity index (χ4v) is 2.03. The molecule has 5 nitrogen and oxygen atoms in total. The van der Waals surface area contributed by atoms with Gasteiger partial charge >= 0.3 is 5.97 Å². The number of benzene rings is 1. The molecule has 20 heavy (non-hydrogen) atoms. The molecule has 0 saturated carbocycles. The van der Waals surface area contributed by atoms with Crippen LogP contribution in [0.1, 0.15) is 24.4 Å². The summed E-state index contributed by atoms with van der Waals surface area (Å²) in [7, 11) is 0. The maximum atomic E-state index is 12.0. The molecule has 0 unspecified atom stereocenters. The normalized spacial score (nSPS) is 12.6. The Hall–Kier alpha value is -2.01. The number of carboxylic acids is 1. The first-order chi connectivity index (χ1) is 9.38. The van der Waals surface area contributed by atoms with Crippen molar-refractivity contribution in [3.05, 3.63) is 35.0 Å². The Kier molecular flexibility index (Phi) is 3.99. The van der Waals surface area contributed by atoms with Crippen LogP contribution in [0.2, 0.25) is 5.02 Å². The van der Waals surface area contributed by atoms with Crippen LogP contribution in [0.3, 0.4) is 0 Å². The van der Waals surface area contributed by atoms with Gasteiger partial charge in [-0.05, 0) is 30.2 Å². The maximum absolute atomic E-state index is 12.0. The van der Waals surface area contributed by atoms with Gasteiger partial charge in [0.05, 0.1) is 0 Å². The van der Waals surface area contributed by atoms with Gasteiger partial charge in [0.1, 0.15) is 11.6 Å². The minimum Gasteiger partial charge on any atom is -0.480 e. The van der Waals surface area contributed by atoms with Gasteiger partial charge < -0.3 is 14.8 Å². The summed E-state index contributed by atoms with van der Waals surface area (Å²) in [5.41, 5.74) is 0.524. The molecule has 0 fully saturated rings. The molecule has 1 atom stereocenters. The summed E-state index contributed by atoms with van der Waals surface area (Å²) in [4.78, 5) is 23.1. The average molecular weight is 296 g/mol. The first kappa shape index (κ1) is 14.4. The van der Waals surface area contributed by atoms with Crippen molar-refractivity contribution in [2.45, 2.75) is 19.9 Å². The van der Waals surface area contributed by atoms with Crippen molar-refractivity contribution in [3.8, 4) is 0 Å². The van der Waals surface area contributed by atoms with Gasteiger partial charge in [0.25, 0.3) is 5.91 Å². The fraction of sp³-hybridized carbons (Fsp3) is 0.286. The quantitative estimate of drug-likeness (QED) is 0.909. The molecule has 2 rings (SSSR count). The van der Waals surface area contributed by atoms with Gasteiger partial charge in [0.2, 0.25) is 0 Å². The Morgan fingerprint density at radius 3 is 2.60 bits per heavy atom. The number of fused-ring (bicyclic) bond motifs is 1. The standard InChI is InChI=1S/C14H14ClNO4/c1-7(2)12(14(18)19)16-13(17)11-6-8-5-9(15)3-4-10(8)20-11/h3-7,12H,1-2H3,(H,16,17)(H,18,19)/t12-/m1/s1. The monoisotopic (exact) mass is 295 g/mol. The highest BCUT2D eigenvalue weighted by atomic mass is 35.5. The Balaban J connectivity index is 2.25. The van der Waals surface area contributed by atoms with Crippen molar-refractivity contribution in [1.82, 2.24) is 5.32 Å². The van der Waals surface area contributed by atoms with Gasteiger partial charge in [-0.3, -0.25) is 4.79 Å². The van der Waals surface area contributed by atoms with E-state index >= 15 is 0 Å². The van der Waals surface area contributed by atoms with E-state index in [4.69, 9.17) is 21.1 Å². The zero-order chi connectivity index (χ0) is 14.9. The minimum absolute atomic E-state index is 0.0640. The van der Waals surface area contributed by atoms with E-state index in [1.54, 1.807) is 32.0 Å². The first-order valence-electron chi connectivity index (χ1n) is 6.11. The molecule has 2 N–H and O–H groups in total. The highest BCUT2D eigenvalue weighted by Crippen LogP contribution is 2.23. The number of hydrogen-bond donors (Lipinski definition) is 2. The second kappa shape index (κ2) is 5.54. The summed E-state index contributed by atoms with van der Waals surface area (Å²) >= 11 is 5.86. The van der Waals surface area contributed by atoms with Crippen LogP contribution in [0.15, 0.2) is 28.7 Å². The van der Waals surface area contributed by atoms with Crippen LogP contribution in [0, 0.1) is 5.92 Å². The lowest BCUT2D eigenvalue weighted by Crippen LogP contribution is -2.44. The zero-order valence-electron chi connectivity index (χ0n) is 11.0. The molecule has 0 bridgehead atoms. The van der Waals surface area contributed by atoms with Crippen LogP contribution in [0.4, 0.5) is 0 Å². The number of nitrogens with one attached hydrogen (secondary N) is 1. The fourth-order valence-electron chi connectivity index (χ4n) is 1.85. The van der Waals surface area contributed by atoms with E-state index < -0.39 is 17.9 Å². The van der Waals surface area contributed by atoms with Crippen molar-refractivity contribution in [2.24, 2.45) is 5.92 Å². The molecule has 1 amide bonds. The van der Waals surface area contributed by atoms with E-state index in [1.807, 2.05) is 0 Å². The number of furan rings is 1. The van der Waals surface area contributed by atoms with Gasteiger partial charge in [-0.15, -0.1) is 0 Å². The summed E-state index contributed by atoms with van der Waals surface area (Å²) in [6.07, 6.45) is 0. The van der Waals surface area contributed by atoms with E-state index in [2.05, 4.69) is 5.32 Å². The van der Waals surface area contributed by atoms with Crippen LogP contribution >= 0.6 is 11.6 Å². The Bertz CT molecular complexity index is 662. The largest absolute Gasteiger partial charge is 0.480 e. The number of carboxylic acid groups (broad SMARTS) is 1. The first-order valence-corrected chi connectivity index (χ1v) is 6.49. The van der Waals surface area contributed by atoms with Crippen LogP contribution in [-0.4, -0.2) is 23.0 Å². The molecule has 0 saturated heterocycles. The molecule has 106 valence electrons. The molecule has 0 radical (unpaired) electrons. The molecule has 0 spiro atoms. The van der Waals surface area contributed by atoms with Crippen molar-refractivity contribution < 1.29 is 19.1 Å². The van der Waals surface area contributed by atoms with Crippen LogP contribution in [0.25, 0.3) is 11.0 Å². The summed E-state index contributed by atoms with van der Waals surface area (Å²) < 4.78 is 5.38. The van der Waals surface area contributed by atoms with E-state index in [0.717, 1.165) is 0 Å². The molecular weight excluding hydrogens is 282 g/mol. The maximum Gasteiger partial charge on any atom is 0.326 e. The highest BCUT2D eigenvalue weighted by molar-refractivity contribution is 6.31. The predicted octanol–water partition coefficient (Wildman–Crippen LogP) is 2.93. The Morgan fingerprint density at radius 1 is 1.30 bits per heavy atom. The number of hydrogen-bond acceptors (Lipinski definition) is 3. The van der Waals surface area contributed by atoms with Gasteiger partial charge in [-0.25, -0.2) is 4.79 Å². The van der Waals surface area contributed by atoms with E-state index in [9.17, 15) is 9.59 Å². The van der Waals surface area contributed by atoms with Crippen LogP contribution < -0.4 is 5.32 Å². The lowest BCUT2D eigenvalue weighted by Gasteiger charge is -2.16. The van der Waals surface area contributed by atoms with Crippen LogP contribution in [0.5, 0.6) is 0 Å². The molecule has 1 aromatic heterocycles. The average Bonchev–Trinajstić information content (AvgIpc) is 2.77. The lowest BCUT2D eigenvalue weighted by molar-refractivity contribution is -0.140. The number of halogens is 1. The molecular formula is C14H14ClNO4. The SMILES string of the molecule is CC(C)[C@@H](NC(=O)c1cc2cc(Cl)ccc2o1)C(=O)O. The number of carbonyl (C=O) groups excluding carboxylic acids is 1. The lowest BCUT2D eigenvalue weighted by atomic mass is 10.0. The predicted molar refractivity (Wildman–Crippen MR) is 75.0 cm³/mol. The third-order valence-electron chi connectivity index (χ3n) is 2.92. The van der Waals surface area contributed by atoms with Crippen molar-refractivity contribution in [3.63, 3.8) is 0 Å². The summed E-state index contributed by atoms with van der Waals surface area (Å²) in [6.45, 7) is 3.44. The van der Waals surface area contributed by atoms with Gasteiger partial charge in [0.15, 0.2) is 5.76 Å². The molecule has 6 heteroatoms. The van der Waals surface area contributed by atoms with Crippen molar-refractivity contribution >= 4 is 34.4 Å². The minimum atomic E-state index is -1.08. The van der Waals surface area contributed by atoms with Crippen molar-refractivity contribution in [1.29, 1.82) is 0 Å². The number of rotatable bonds is 4. The Labute approximate surface area is 120 Å². The van der Waals surface area contributed by atoms with Crippen LogP contribution in [-0.2, 0) is 4.79 Å². The number of amides is 1. The van der Waals surface area contributed by atoms with E-state index in [-0.39, 0.29) is 11.7 Å². The third kappa shape index (κ3) is 2.93. The second-order valence-corrected chi connectivity index (χ2v) is 5.26.